The Morgan fingerprint density at radius 1 is 0.731 bits per heavy atom. The highest BCUT2D eigenvalue weighted by atomic mass is 16.2. The van der Waals surface area contributed by atoms with Gasteiger partial charge in [-0.25, -0.2) is 0 Å². The molecule has 0 aromatic heterocycles. The van der Waals surface area contributed by atoms with Crippen molar-refractivity contribution in [3.63, 3.8) is 0 Å². The summed E-state index contributed by atoms with van der Waals surface area (Å²) in [6.45, 7) is 4.89. The summed E-state index contributed by atoms with van der Waals surface area (Å²) < 4.78 is 0. The highest BCUT2D eigenvalue weighted by Crippen LogP contribution is 2.24. The number of nitrogens with one attached hydrogen (secondary N) is 2. The van der Waals surface area contributed by atoms with Crippen molar-refractivity contribution in [2.75, 3.05) is 13.1 Å². The number of amides is 2. The largest absolute Gasteiger partial charge is 0.354 e. The Balaban J connectivity index is 1.97. The first kappa shape index (κ1) is 19.7. The molecule has 2 aromatic carbocycles. The standard InChI is InChI=1S/C22H28N2O2/c1-3-17(4-2)21(25)23-15-16-24-22(26)20(18-11-7-5-8-12-18)19-13-9-6-10-14-19/h5-14,17,20H,3-4,15-16H2,1-2H3,(H,23,25)(H,24,26). The van der Waals surface area contributed by atoms with Crippen molar-refractivity contribution in [1.82, 2.24) is 10.6 Å². The van der Waals surface area contributed by atoms with E-state index < -0.39 is 0 Å². The third-order valence-electron chi connectivity index (χ3n) is 4.61. The molecule has 0 unspecified atom stereocenters. The van der Waals surface area contributed by atoms with Gasteiger partial charge in [-0.2, -0.15) is 0 Å². The number of rotatable bonds is 9. The Morgan fingerprint density at radius 3 is 1.58 bits per heavy atom. The van der Waals surface area contributed by atoms with Gasteiger partial charge in [-0.1, -0.05) is 74.5 Å². The Bertz CT molecular complexity index is 642. The van der Waals surface area contributed by atoms with Gasteiger partial charge in [-0.05, 0) is 24.0 Å². The van der Waals surface area contributed by atoms with E-state index in [1.807, 2.05) is 74.5 Å². The number of hydrogen-bond donors (Lipinski definition) is 2. The molecule has 0 aliphatic heterocycles. The van der Waals surface area contributed by atoms with Crippen molar-refractivity contribution < 1.29 is 9.59 Å². The first-order valence-electron chi connectivity index (χ1n) is 9.32. The average Bonchev–Trinajstić information content (AvgIpc) is 2.68. The summed E-state index contributed by atoms with van der Waals surface area (Å²) in [7, 11) is 0. The van der Waals surface area contributed by atoms with E-state index in [1.165, 1.54) is 0 Å². The third-order valence-corrected chi connectivity index (χ3v) is 4.61. The molecule has 0 heterocycles. The highest BCUT2D eigenvalue weighted by molar-refractivity contribution is 5.87. The molecule has 0 saturated heterocycles. The fourth-order valence-corrected chi connectivity index (χ4v) is 3.06. The van der Waals surface area contributed by atoms with Crippen molar-refractivity contribution in [2.45, 2.75) is 32.6 Å². The van der Waals surface area contributed by atoms with Crippen LogP contribution in [0, 0.1) is 5.92 Å². The van der Waals surface area contributed by atoms with Crippen LogP contribution >= 0.6 is 0 Å². The monoisotopic (exact) mass is 352 g/mol. The van der Waals surface area contributed by atoms with E-state index >= 15 is 0 Å². The van der Waals surface area contributed by atoms with Crippen LogP contribution in [0.5, 0.6) is 0 Å². The molecule has 4 nitrogen and oxygen atoms in total. The maximum absolute atomic E-state index is 12.8. The lowest BCUT2D eigenvalue weighted by Gasteiger charge is -2.18. The molecule has 0 fully saturated rings. The molecule has 138 valence electrons. The average molecular weight is 352 g/mol. The van der Waals surface area contributed by atoms with Gasteiger partial charge in [0.1, 0.15) is 0 Å². The summed E-state index contributed by atoms with van der Waals surface area (Å²) >= 11 is 0. The van der Waals surface area contributed by atoms with Crippen LogP contribution in [-0.4, -0.2) is 24.9 Å². The van der Waals surface area contributed by atoms with E-state index in [-0.39, 0.29) is 23.7 Å². The molecule has 2 N–H and O–H groups in total. The normalized spacial score (nSPS) is 10.8. The van der Waals surface area contributed by atoms with Crippen LogP contribution in [0.25, 0.3) is 0 Å². The number of benzene rings is 2. The lowest BCUT2D eigenvalue weighted by atomic mass is 9.90. The smallest absolute Gasteiger partial charge is 0.232 e. The molecule has 4 heteroatoms. The van der Waals surface area contributed by atoms with Gasteiger partial charge in [0.25, 0.3) is 0 Å². The molecule has 26 heavy (non-hydrogen) atoms. The quantitative estimate of drug-likeness (QED) is 0.679. The van der Waals surface area contributed by atoms with E-state index in [0.717, 1.165) is 24.0 Å². The third kappa shape index (κ3) is 5.45. The maximum atomic E-state index is 12.8. The SMILES string of the molecule is CCC(CC)C(=O)NCCNC(=O)C(c1ccccc1)c1ccccc1. The molecule has 2 amide bonds. The zero-order chi connectivity index (χ0) is 18.8. The second-order valence-electron chi connectivity index (χ2n) is 6.35. The summed E-state index contributed by atoms with van der Waals surface area (Å²) in [4.78, 5) is 24.8. The lowest BCUT2D eigenvalue weighted by molar-refractivity contribution is -0.125. The summed E-state index contributed by atoms with van der Waals surface area (Å²) in [5.74, 6) is -0.301. The molecular weight excluding hydrogens is 324 g/mol. The van der Waals surface area contributed by atoms with Crippen LogP contribution in [0.1, 0.15) is 43.7 Å². The van der Waals surface area contributed by atoms with Gasteiger partial charge in [0, 0.05) is 19.0 Å². The predicted octanol–water partition coefficient (Wildman–Crippen LogP) is 3.49. The van der Waals surface area contributed by atoms with Gasteiger partial charge in [-0.3, -0.25) is 9.59 Å². The van der Waals surface area contributed by atoms with Crippen LogP contribution in [0.3, 0.4) is 0 Å². The van der Waals surface area contributed by atoms with Crippen molar-refractivity contribution in [1.29, 1.82) is 0 Å². The van der Waals surface area contributed by atoms with Crippen molar-refractivity contribution in [3.05, 3.63) is 71.8 Å². The summed E-state index contributed by atoms with van der Waals surface area (Å²) in [6.07, 6.45) is 1.66. The highest BCUT2D eigenvalue weighted by Gasteiger charge is 2.22. The first-order valence-corrected chi connectivity index (χ1v) is 9.32. The van der Waals surface area contributed by atoms with Crippen molar-refractivity contribution in [3.8, 4) is 0 Å². The van der Waals surface area contributed by atoms with Crippen molar-refractivity contribution >= 4 is 11.8 Å². The van der Waals surface area contributed by atoms with E-state index in [9.17, 15) is 9.59 Å². The first-order chi connectivity index (χ1) is 12.7. The van der Waals surface area contributed by atoms with Gasteiger partial charge >= 0.3 is 0 Å². The zero-order valence-corrected chi connectivity index (χ0v) is 15.6. The lowest BCUT2D eigenvalue weighted by Crippen LogP contribution is -2.39. The van der Waals surface area contributed by atoms with E-state index in [0.29, 0.717) is 13.1 Å². The minimum absolute atomic E-state index is 0.0482. The minimum Gasteiger partial charge on any atom is -0.354 e. The molecule has 0 bridgehead atoms. The van der Waals surface area contributed by atoms with Crippen LogP contribution in [-0.2, 0) is 9.59 Å². The van der Waals surface area contributed by atoms with E-state index in [2.05, 4.69) is 10.6 Å². The van der Waals surface area contributed by atoms with E-state index in [1.54, 1.807) is 0 Å². The summed E-state index contributed by atoms with van der Waals surface area (Å²) in [6, 6.07) is 19.5. The second kappa shape index (κ2) is 10.4. The molecule has 0 radical (unpaired) electrons. The minimum atomic E-state index is -0.355. The van der Waals surface area contributed by atoms with Gasteiger partial charge in [0.15, 0.2) is 0 Å². The number of carbonyl (C=O) groups is 2. The fraction of sp³-hybridized carbons (Fsp3) is 0.364. The molecule has 2 aromatic rings. The molecule has 0 aliphatic carbocycles. The van der Waals surface area contributed by atoms with Gasteiger partial charge < -0.3 is 10.6 Å². The molecule has 0 spiro atoms. The van der Waals surface area contributed by atoms with Crippen LogP contribution in [0.4, 0.5) is 0 Å². The van der Waals surface area contributed by atoms with Crippen LogP contribution in [0.2, 0.25) is 0 Å². The van der Waals surface area contributed by atoms with Gasteiger partial charge in [-0.15, -0.1) is 0 Å². The van der Waals surface area contributed by atoms with Crippen molar-refractivity contribution in [2.24, 2.45) is 5.92 Å². The van der Waals surface area contributed by atoms with E-state index in [4.69, 9.17) is 0 Å². The predicted molar refractivity (Wildman–Crippen MR) is 105 cm³/mol. The summed E-state index contributed by atoms with van der Waals surface area (Å²) in [5, 5.41) is 5.86. The molecule has 0 saturated carbocycles. The van der Waals surface area contributed by atoms with Gasteiger partial charge in [0.05, 0.1) is 5.92 Å². The molecule has 0 atom stereocenters. The maximum Gasteiger partial charge on any atom is 0.232 e. The Kier molecular flexibility index (Phi) is 7.87. The van der Waals surface area contributed by atoms with Gasteiger partial charge in [0.2, 0.25) is 11.8 Å². The number of hydrogen-bond acceptors (Lipinski definition) is 2. The topological polar surface area (TPSA) is 58.2 Å². The Labute approximate surface area is 156 Å². The van der Waals surface area contributed by atoms with Crippen LogP contribution in [0.15, 0.2) is 60.7 Å². The molecular formula is C22H28N2O2. The number of carbonyl (C=O) groups excluding carboxylic acids is 2. The Morgan fingerprint density at radius 2 is 1.15 bits per heavy atom. The fourth-order valence-electron chi connectivity index (χ4n) is 3.06. The zero-order valence-electron chi connectivity index (χ0n) is 15.6. The van der Waals surface area contributed by atoms with Crippen LogP contribution < -0.4 is 10.6 Å². The summed E-state index contributed by atoms with van der Waals surface area (Å²) in [5.41, 5.74) is 1.91. The molecule has 0 aliphatic rings. The molecule has 2 rings (SSSR count). The Hall–Kier alpha value is -2.62. The second-order valence-corrected chi connectivity index (χ2v) is 6.35.